The van der Waals surface area contributed by atoms with Crippen molar-refractivity contribution in [2.75, 3.05) is 13.2 Å². The second-order valence-corrected chi connectivity index (χ2v) is 4.21. The van der Waals surface area contributed by atoms with Crippen LogP contribution in [0.3, 0.4) is 0 Å². The third-order valence-corrected chi connectivity index (χ3v) is 3.10. The van der Waals surface area contributed by atoms with Crippen LogP contribution in [-0.2, 0) is 0 Å². The molecule has 3 rings (SSSR count). The smallest absolute Gasteiger partial charge is 0.127 e. The minimum Gasteiger partial charge on any atom is -0.491 e. The Morgan fingerprint density at radius 2 is 1.61 bits per heavy atom. The summed E-state index contributed by atoms with van der Waals surface area (Å²) < 4.78 is 5.57. The van der Waals surface area contributed by atoms with E-state index in [4.69, 9.17) is 9.84 Å². The molecule has 0 unspecified atom stereocenters. The molecular formula is C16H14O2. The van der Waals surface area contributed by atoms with Crippen molar-refractivity contribution >= 4 is 21.5 Å². The molecule has 3 aromatic rings. The van der Waals surface area contributed by atoms with Crippen molar-refractivity contribution in [3.63, 3.8) is 0 Å². The van der Waals surface area contributed by atoms with Crippen LogP contribution < -0.4 is 4.74 Å². The van der Waals surface area contributed by atoms with Crippen molar-refractivity contribution in [2.24, 2.45) is 0 Å². The first-order chi connectivity index (χ1) is 8.90. The van der Waals surface area contributed by atoms with Crippen LogP contribution in [0.4, 0.5) is 0 Å². The van der Waals surface area contributed by atoms with Crippen LogP contribution in [0, 0.1) is 0 Å². The number of hydrogen-bond donors (Lipinski definition) is 1. The van der Waals surface area contributed by atoms with E-state index in [1.807, 2.05) is 24.3 Å². The van der Waals surface area contributed by atoms with E-state index in [0.717, 1.165) is 11.1 Å². The lowest BCUT2D eigenvalue weighted by Gasteiger charge is -2.10. The summed E-state index contributed by atoms with van der Waals surface area (Å²) in [6.45, 7) is 0.357. The Bertz CT molecular complexity index is 689. The molecule has 0 spiro atoms. The monoisotopic (exact) mass is 238 g/mol. The van der Waals surface area contributed by atoms with Gasteiger partial charge in [-0.3, -0.25) is 0 Å². The average Bonchev–Trinajstić information content (AvgIpc) is 2.44. The molecule has 2 heteroatoms. The molecule has 0 atom stereocenters. The fourth-order valence-electron chi connectivity index (χ4n) is 2.29. The highest BCUT2D eigenvalue weighted by Crippen LogP contribution is 2.31. The molecule has 0 heterocycles. The number of hydrogen-bond acceptors (Lipinski definition) is 2. The number of aliphatic hydroxyl groups excluding tert-OH is 1. The third kappa shape index (κ3) is 1.81. The summed E-state index contributed by atoms with van der Waals surface area (Å²) in [5.74, 6) is 0.826. The fourth-order valence-corrected chi connectivity index (χ4v) is 2.29. The molecule has 0 aromatic heterocycles. The van der Waals surface area contributed by atoms with E-state index in [0.29, 0.717) is 6.61 Å². The van der Waals surface area contributed by atoms with Gasteiger partial charge in [0.15, 0.2) is 0 Å². The normalized spacial score (nSPS) is 10.9. The highest BCUT2D eigenvalue weighted by atomic mass is 16.5. The van der Waals surface area contributed by atoms with E-state index in [-0.39, 0.29) is 6.61 Å². The van der Waals surface area contributed by atoms with Crippen molar-refractivity contribution in [2.45, 2.75) is 0 Å². The molecule has 1 N–H and O–H groups in total. The standard InChI is InChI=1S/C16H14O2/c17-10-11-18-16-7-3-6-14-13-5-2-1-4-12(13)8-9-15(14)16/h1-9,17H,10-11H2. The van der Waals surface area contributed by atoms with E-state index >= 15 is 0 Å². The van der Waals surface area contributed by atoms with Crippen LogP contribution in [0.5, 0.6) is 5.75 Å². The van der Waals surface area contributed by atoms with Crippen LogP contribution in [0.2, 0.25) is 0 Å². The van der Waals surface area contributed by atoms with Gasteiger partial charge in [-0.1, -0.05) is 48.5 Å². The summed E-state index contributed by atoms with van der Waals surface area (Å²) in [7, 11) is 0. The first-order valence-corrected chi connectivity index (χ1v) is 6.04. The second kappa shape index (κ2) is 4.67. The van der Waals surface area contributed by atoms with Crippen molar-refractivity contribution in [3.05, 3.63) is 54.6 Å². The number of rotatable bonds is 3. The lowest BCUT2D eigenvalue weighted by Crippen LogP contribution is -2.01. The van der Waals surface area contributed by atoms with Gasteiger partial charge in [0.25, 0.3) is 0 Å². The predicted octanol–water partition coefficient (Wildman–Crippen LogP) is 3.36. The topological polar surface area (TPSA) is 29.5 Å². The van der Waals surface area contributed by atoms with Gasteiger partial charge in [0.2, 0.25) is 0 Å². The van der Waals surface area contributed by atoms with E-state index in [1.165, 1.54) is 16.2 Å². The maximum Gasteiger partial charge on any atom is 0.127 e. The Kier molecular flexibility index (Phi) is 2.87. The fraction of sp³-hybridized carbons (Fsp3) is 0.125. The Morgan fingerprint density at radius 3 is 2.50 bits per heavy atom. The molecule has 0 aliphatic carbocycles. The SMILES string of the molecule is OCCOc1cccc2c1ccc1ccccc12. The quantitative estimate of drug-likeness (QED) is 0.709. The van der Waals surface area contributed by atoms with E-state index in [1.54, 1.807) is 0 Å². The molecular weight excluding hydrogens is 224 g/mol. The van der Waals surface area contributed by atoms with Crippen molar-refractivity contribution < 1.29 is 9.84 Å². The molecule has 0 radical (unpaired) electrons. The Labute approximate surface area is 105 Å². The highest BCUT2D eigenvalue weighted by molar-refractivity contribution is 6.09. The largest absolute Gasteiger partial charge is 0.491 e. The summed E-state index contributed by atoms with van der Waals surface area (Å²) in [5, 5.41) is 13.6. The van der Waals surface area contributed by atoms with Crippen molar-refractivity contribution in [3.8, 4) is 5.75 Å². The second-order valence-electron chi connectivity index (χ2n) is 4.21. The Hall–Kier alpha value is -2.06. The molecule has 2 nitrogen and oxygen atoms in total. The zero-order valence-electron chi connectivity index (χ0n) is 9.97. The van der Waals surface area contributed by atoms with E-state index in [9.17, 15) is 0 Å². The van der Waals surface area contributed by atoms with Crippen molar-refractivity contribution in [1.29, 1.82) is 0 Å². The van der Waals surface area contributed by atoms with Crippen LogP contribution >= 0.6 is 0 Å². The molecule has 3 aromatic carbocycles. The Balaban J connectivity index is 2.26. The lowest BCUT2D eigenvalue weighted by atomic mass is 10.0. The zero-order valence-corrected chi connectivity index (χ0v) is 9.97. The van der Waals surface area contributed by atoms with Gasteiger partial charge < -0.3 is 9.84 Å². The minimum absolute atomic E-state index is 0.0317. The van der Waals surface area contributed by atoms with Gasteiger partial charge in [-0.05, 0) is 22.2 Å². The molecule has 0 aliphatic rings. The van der Waals surface area contributed by atoms with Crippen LogP contribution in [0.15, 0.2) is 54.6 Å². The average molecular weight is 238 g/mol. The van der Waals surface area contributed by atoms with Crippen LogP contribution in [0.25, 0.3) is 21.5 Å². The molecule has 90 valence electrons. The Morgan fingerprint density at radius 1 is 0.778 bits per heavy atom. The number of fused-ring (bicyclic) bond motifs is 3. The van der Waals surface area contributed by atoms with Gasteiger partial charge in [0.1, 0.15) is 12.4 Å². The minimum atomic E-state index is 0.0317. The predicted molar refractivity (Wildman–Crippen MR) is 74.0 cm³/mol. The number of aliphatic hydroxyl groups is 1. The molecule has 0 aliphatic heterocycles. The molecule has 0 saturated carbocycles. The first-order valence-electron chi connectivity index (χ1n) is 6.04. The van der Waals surface area contributed by atoms with Crippen LogP contribution in [0.1, 0.15) is 0 Å². The maximum absolute atomic E-state index is 8.85. The van der Waals surface area contributed by atoms with Gasteiger partial charge >= 0.3 is 0 Å². The van der Waals surface area contributed by atoms with Gasteiger partial charge in [-0.25, -0.2) is 0 Å². The number of ether oxygens (including phenoxy) is 1. The zero-order chi connectivity index (χ0) is 12.4. The lowest BCUT2D eigenvalue weighted by molar-refractivity contribution is 0.203. The number of benzene rings is 3. The van der Waals surface area contributed by atoms with E-state index in [2.05, 4.69) is 30.3 Å². The summed E-state index contributed by atoms with van der Waals surface area (Å²) in [4.78, 5) is 0. The van der Waals surface area contributed by atoms with Gasteiger partial charge in [0, 0.05) is 5.39 Å². The van der Waals surface area contributed by atoms with Gasteiger partial charge in [-0.15, -0.1) is 0 Å². The molecule has 18 heavy (non-hydrogen) atoms. The maximum atomic E-state index is 8.85. The van der Waals surface area contributed by atoms with Crippen molar-refractivity contribution in [1.82, 2.24) is 0 Å². The van der Waals surface area contributed by atoms with Gasteiger partial charge in [-0.2, -0.15) is 0 Å². The highest BCUT2D eigenvalue weighted by Gasteiger charge is 2.04. The molecule has 0 fully saturated rings. The van der Waals surface area contributed by atoms with Gasteiger partial charge in [0.05, 0.1) is 6.61 Å². The summed E-state index contributed by atoms with van der Waals surface area (Å²) in [5.41, 5.74) is 0. The molecule has 0 amide bonds. The van der Waals surface area contributed by atoms with E-state index < -0.39 is 0 Å². The molecule has 0 bridgehead atoms. The summed E-state index contributed by atoms with van der Waals surface area (Å²) >= 11 is 0. The van der Waals surface area contributed by atoms with Crippen LogP contribution in [-0.4, -0.2) is 18.3 Å². The third-order valence-electron chi connectivity index (χ3n) is 3.10. The molecule has 0 saturated heterocycles. The summed E-state index contributed by atoms with van der Waals surface area (Å²) in [6.07, 6.45) is 0. The summed E-state index contributed by atoms with van der Waals surface area (Å²) in [6, 6.07) is 18.5. The first kappa shape index (κ1) is 11.1.